The number of benzene rings is 1. The molecule has 0 heterocycles. The van der Waals surface area contributed by atoms with Gasteiger partial charge in [0.1, 0.15) is 6.67 Å². The standard InChI is InChI=1S/C11H13FIN/c12-6-8-4-11(14)10(13)5-9(8)7-2-1-3-7/h4-5,7H,1-3,6,14H2. The van der Waals surface area contributed by atoms with Gasteiger partial charge in [-0.1, -0.05) is 6.42 Å². The minimum atomic E-state index is -0.396. The largest absolute Gasteiger partial charge is 0.398 e. The summed E-state index contributed by atoms with van der Waals surface area (Å²) in [5.41, 5.74) is 8.41. The predicted molar refractivity (Wildman–Crippen MR) is 65.0 cm³/mol. The first-order chi connectivity index (χ1) is 6.72. The summed E-state index contributed by atoms with van der Waals surface area (Å²) in [5.74, 6) is 0.579. The van der Waals surface area contributed by atoms with Gasteiger partial charge in [-0.25, -0.2) is 4.39 Å². The lowest BCUT2D eigenvalue weighted by Crippen LogP contribution is -2.11. The predicted octanol–water partition coefficient (Wildman–Crippen LogP) is 3.61. The third-order valence-corrected chi connectivity index (χ3v) is 3.88. The monoisotopic (exact) mass is 305 g/mol. The van der Waals surface area contributed by atoms with E-state index in [1.54, 1.807) is 6.07 Å². The van der Waals surface area contributed by atoms with Crippen LogP contribution in [0.4, 0.5) is 10.1 Å². The number of anilines is 1. The van der Waals surface area contributed by atoms with Crippen molar-refractivity contribution in [2.24, 2.45) is 0 Å². The molecule has 0 saturated heterocycles. The lowest BCUT2D eigenvalue weighted by atomic mass is 9.78. The van der Waals surface area contributed by atoms with Gasteiger partial charge in [0.15, 0.2) is 0 Å². The number of nitrogens with two attached hydrogens (primary N) is 1. The molecule has 1 fully saturated rings. The molecule has 1 saturated carbocycles. The quantitative estimate of drug-likeness (QED) is 0.655. The van der Waals surface area contributed by atoms with E-state index in [0.29, 0.717) is 11.6 Å². The first-order valence-electron chi connectivity index (χ1n) is 4.86. The van der Waals surface area contributed by atoms with Gasteiger partial charge in [-0.05, 0) is 64.6 Å². The number of hydrogen-bond acceptors (Lipinski definition) is 1. The lowest BCUT2D eigenvalue weighted by molar-refractivity contribution is 0.407. The highest BCUT2D eigenvalue weighted by molar-refractivity contribution is 14.1. The molecule has 2 N–H and O–H groups in total. The Kier molecular flexibility index (Phi) is 2.95. The molecule has 0 aromatic heterocycles. The van der Waals surface area contributed by atoms with E-state index in [4.69, 9.17) is 5.73 Å². The van der Waals surface area contributed by atoms with Gasteiger partial charge in [-0.15, -0.1) is 0 Å². The molecule has 76 valence electrons. The summed E-state index contributed by atoms with van der Waals surface area (Å²) in [7, 11) is 0. The van der Waals surface area contributed by atoms with Crippen molar-refractivity contribution in [1.82, 2.24) is 0 Å². The van der Waals surface area contributed by atoms with E-state index >= 15 is 0 Å². The molecule has 3 heteroatoms. The molecule has 0 spiro atoms. The van der Waals surface area contributed by atoms with Gasteiger partial charge < -0.3 is 5.73 Å². The van der Waals surface area contributed by atoms with Crippen molar-refractivity contribution in [1.29, 1.82) is 0 Å². The van der Waals surface area contributed by atoms with Gasteiger partial charge >= 0.3 is 0 Å². The molecule has 1 aromatic carbocycles. The number of rotatable bonds is 2. The van der Waals surface area contributed by atoms with Crippen LogP contribution in [-0.4, -0.2) is 0 Å². The fraction of sp³-hybridized carbons (Fsp3) is 0.455. The Balaban J connectivity index is 2.40. The third-order valence-electron chi connectivity index (χ3n) is 2.95. The van der Waals surface area contributed by atoms with Crippen molar-refractivity contribution in [3.63, 3.8) is 0 Å². The van der Waals surface area contributed by atoms with Crippen LogP contribution in [0.25, 0.3) is 0 Å². The van der Waals surface area contributed by atoms with E-state index in [1.807, 2.05) is 0 Å². The Labute approximate surface area is 97.0 Å². The Morgan fingerprint density at radius 2 is 2.14 bits per heavy atom. The SMILES string of the molecule is Nc1cc(CF)c(C2CCC2)cc1I. The van der Waals surface area contributed by atoms with Gasteiger partial charge in [0.2, 0.25) is 0 Å². The first-order valence-corrected chi connectivity index (χ1v) is 5.94. The number of halogens is 2. The fourth-order valence-electron chi connectivity index (χ4n) is 1.87. The van der Waals surface area contributed by atoms with Gasteiger partial charge in [-0.2, -0.15) is 0 Å². The van der Waals surface area contributed by atoms with Gasteiger partial charge in [-0.3, -0.25) is 0 Å². The zero-order chi connectivity index (χ0) is 10.1. The van der Waals surface area contributed by atoms with Crippen LogP contribution in [0.15, 0.2) is 12.1 Å². The molecule has 0 unspecified atom stereocenters. The third kappa shape index (κ3) is 1.74. The van der Waals surface area contributed by atoms with E-state index in [-0.39, 0.29) is 0 Å². The Morgan fingerprint density at radius 1 is 1.43 bits per heavy atom. The summed E-state index contributed by atoms with van der Waals surface area (Å²) in [4.78, 5) is 0. The van der Waals surface area contributed by atoms with E-state index in [1.165, 1.54) is 24.8 Å². The van der Waals surface area contributed by atoms with Crippen LogP contribution in [-0.2, 0) is 6.67 Å². The smallest absolute Gasteiger partial charge is 0.115 e. The lowest BCUT2D eigenvalue weighted by Gasteiger charge is -2.28. The zero-order valence-electron chi connectivity index (χ0n) is 7.89. The topological polar surface area (TPSA) is 26.0 Å². The molecule has 1 aliphatic carbocycles. The van der Waals surface area contributed by atoms with Crippen molar-refractivity contribution in [2.45, 2.75) is 31.9 Å². The Hall–Kier alpha value is -0.320. The molecule has 0 radical (unpaired) electrons. The Bertz CT molecular complexity index is 347. The van der Waals surface area contributed by atoms with Crippen LogP contribution in [0.5, 0.6) is 0 Å². The van der Waals surface area contributed by atoms with Crippen molar-refractivity contribution in [2.75, 3.05) is 5.73 Å². The highest BCUT2D eigenvalue weighted by atomic mass is 127. The summed E-state index contributed by atoms with van der Waals surface area (Å²) in [6.07, 6.45) is 3.68. The maximum absolute atomic E-state index is 12.8. The molecule has 1 nitrogen and oxygen atoms in total. The second kappa shape index (κ2) is 4.04. The molecular formula is C11H13FIN. The highest BCUT2D eigenvalue weighted by Gasteiger charge is 2.22. The van der Waals surface area contributed by atoms with Crippen LogP contribution in [0.1, 0.15) is 36.3 Å². The minimum absolute atomic E-state index is 0.396. The number of hydrogen-bond donors (Lipinski definition) is 1. The average molecular weight is 305 g/mol. The highest BCUT2D eigenvalue weighted by Crippen LogP contribution is 2.39. The summed E-state index contributed by atoms with van der Waals surface area (Å²) in [6, 6.07) is 3.84. The number of alkyl halides is 1. The second-order valence-electron chi connectivity index (χ2n) is 3.83. The summed E-state index contributed by atoms with van der Waals surface area (Å²) in [5, 5.41) is 0. The van der Waals surface area contributed by atoms with Crippen LogP contribution < -0.4 is 5.73 Å². The first kappa shape index (κ1) is 10.2. The average Bonchev–Trinajstić information content (AvgIpc) is 2.08. The molecule has 2 rings (SSSR count). The molecule has 14 heavy (non-hydrogen) atoms. The molecule has 1 aliphatic rings. The van der Waals surface area contributed by atoms with E-state index in [0.717, 1.165) is 9.13 Å². The van der Waals surface area contributed by atoms with Crippen LogP contribution in [0, 0.1) is 3.57 Å². The van der Waals surface area contributed by atoms with Gasteiger partial charge in [0.05, 0.1) is 0 Å². The van der Waals surface area contributed by atoms with Gasteiger partial charge in [0, 0.05) is 9.26 Å². The molecule has 0 amide bonds. The van der Waals surface area contributed by atoms with Crippen molar-refractivity contribution < 1.29 is 4.39 Å². The zero-order valence-corrected chi connectivity index (χ0v) is 10.1. The fourth-order valence-corrected chi connectivity index (χ4v) is 2.36. The maximum Gasteiger partial charge on any atom is 0.115 e. The Morgan fingerprint density at radius 3 is 2.64 bits per heavy atom. The minimum Gasteiger partial charge on any atom is -0.398 e. The molecular weight excluding hydrogens is 292 g/mol. The van der Waals surface area contributed by atoms with E-state index < -0.39 is 6.67 Å². The van der Waals surface area contributed by atoms with Gasteiger partial charge in [0.25, 0.3) is 0 Å². The van der Waals surface area contributed by atoms with Crippen LogP contribution >= 0.6 is 22.6 Å². The molecule has 1 aromatic rings. The molecule has 0 aliphatic heterocycles. The normalized spacial score (nSPS) is 16.7. The number of nitrogen functional groups attached to an aromatic ring is 1. The van der Waals surface area contributed by atoms with Crippen molar-refractivity contribution >= 4 is 28.3 Å². The summed E-state index contributed by atoms with van der Waals surface area (Å²) < 4.78 is 13.8. The van der Waals surface area contributed by atoms with E-state index in [9.17, 15) is 4.39 Å². The summed E-state index contributed by atoms with van der Waals surface area (Å²) in [6.45, 7) is -0.396. The van der Waals surface area contributed by atoms with Crippen LogP contribution in [0.3, 0.4) is 0 Å². The van der Waals surface area contributed by atoms with E-state index in [2.05, 4.69) is 28.7 Å². The second-order valence-corrected chi connectivity index (χ2v) is 5.00. The van der Waals surface area contributed by atoms with Crippen molar-refractivity contribution in [3.8, 4) is 0 Å². The van der Waals surface area contributed by atoms with Crippen LogP contribution in [0.2, 0.25) is 0 Å². The maximum atomic E-state index is 12.8. The molecule has 0 bridgehead atoms. The summed E-state index contributed by atoms with van der Waals surface area (Å²) >= 11 is 2.21. The molecule has 0 atom stereocenters. The van der Waals surface area contributed by atoms with Crippen molar-refractivity contribution in [3.05, 3.63) is 26.8 Å².